The topological polar surface area (TPSA) is 82.1 Å². The number of amides is 2. The summed E-state index contributed by atoms with van der Waals surface area (Å²) >= 11 is 0. The zero-order valence-corrected chi connectivity index (χ0v) is 14.6. The molecule has 0 aliphatic carbocycles. The maximum absolute atomic E-state index is 11.9. The molecule has 0 saturated carbocycles. The van der Waals surface area contributed by atoms with Crippen LogP contribution in [0.3, 0.4) is 0 Å². The van der Waals surface area contributed by atoms with Crippen LogP contribution in [0.5, 0.6) is 0 Å². The van der Waals surface area contributed by atoms with Crippen molar-refractivity contribution in [3.63, 3.8) is 0 Å². The highest BCUT2D eigenvalue weighted by atomic mass is 16.7. The Kier molecular flexibility index (Phi) is 6.70. The minimum Gasteiger partial charge on any atom is -0.378 e. The lowest BCUT2D eigenvalue weighted by atomic mass is 9.99. The number of ether oxygens (including phenoxy) is 2. The highest BCUT2D eigenvalue weighted by molar-refractivity contribution is 6.01. The fraction of sp³-hybridized carbons (Fsp3) is 0.812. The Balaban J connectivity index is 2.43. The Morgan fingerprint density at radius 2 is 1.74 bits per heavy atom. The van der Waals surface area contributed by atoms with Gasteiger partial charge in [-0.2, -0.15) is 0 Å². The van der Waals surface area contributed by atoms with Gasteiger partial charge >= 0.3 is 5.97 Å². The molecular formula is C16H27NO6. The molecule has 1 aliphatic heterocycles. The van der Waals surface area contributed by atoms with E-state index in [-0.39, 0.29) is 24.9 Å². The van der Waals surface area contributed by atoms with Crippen molar-refractivity contribution < 1.29 is 28.7 Å². The van der Waals surface area contributed by atoms with Crippen molar-refractivity contribution in [2.24, 2.45) is 0 Å². The van der Waals surface area contributed by atoms with Crippen molar-refractivity contribution in [3.05, 3.63) is 0 Å². The van der Waals surface area contributed by atoms with Crippen LogP contribution >= 0.6 is 0 Å². The third-order valence-corrected chi connectivity index (χ3v) is 4.13. The molecule has 1 rings (SSSR count). The third-order valence-electron chi connectivity index (χ3n) is 4.13. The predicted molar refractivity (Wildman–Crippen MR) is 82.1 cm³/mol. The number of rotatable bonds is 9. The summed E-state index contributed by atoms with van der Waals surface area (Å²) in [6.07, 6.45) is 1.66. The summed E-state index contributed by atoms with van der Waals surface area (Å²) in [4.78, 5) is 39.6. The summed E-state index contributed by atoms with van der Waals surface area (Å²) in [6.45, 7) is 7.99. The summed E-state index contributed by atoms with van der Waals surface area (Å²) < 4.78 is 11.2. The van der Waals surface area contributed by atoms with E-state index in [0.29, 0.717) is 18.1 Å². The molecular weight excluding hydrogens is 302 g/mol. The second-order valence-electron chi connectivity index (χ2n) is 6.59. The molecule has 0 spiro atoms. The zero-order chi connectivity index (χ0) is 17.7. The second kappa shape index (κ2) is 7.88. The van der Waals surface area contributed by atoms with Gasteiger partial charge in [0.1, 0.15) is 0 Å². The van der Waals surface area contributed by atoms with Crippen LogP contribution in [-0.4, -0.2) is 47.8 Å². The minimum absolute atomic E-state index is 0.0557. The Hall–Kier alpha value is -1.47. The molecule has 7 nitrogen and oxygen atoms in total. The van der Waals surface area contributed by atoms with Crippen molar-refractivity contribution in [1.82, 2.24) is 5.06 Å². The third kappa shape index (κ3) is 5.91. The fourth-order valence-electron chi connectivity index (χ4n) is 2.16. The molecule has 23 heavy (non-hydrogen) atoms. The summed E-state index contributed by atoms with van der Waals surface area (Å²) in [7, 11) is 1.66. The quantitative estimate of drug-likeness (QED) is 0.602. The van der Waals surface area contributed by atoms with E-state index in [4.69, 9.17) is 14.3 Å². The summed E-state index contributed by atoms with van der Waals surface area (Å²) in [5.41, 5.74) is -1.02. The number of hydrogen-bond acceptors (Lipinski definition) is 6. The Morgan fingerprint density at radius 1 is 1.17 bits per heavy atom. The van der Waals surface area contributed by atoms with E-state index in [0.717, 1.165) is 6.42 Å². The first-order valence-electron chi connectivity index (χ1n) is 7.88. The molecule has 0 aromatic heterocycles. The van der Waals surface area contributed by atoms with E-state index < -0.39 is 23.4 Å². The Labute approximate surface area is 137 Å². The normalized spacial score (nSPS) is 18.2. The van der Waals surface area contributed by atoms with E-state index >= 15 is 0 Å². The lowest BCUT2D eigenvalue weighted by molar-refractivity contribution is -0.201. The van der Waals surface area contributed by atoms with E-state index in [1.807, 2.05) is 13.8 Å². The molecule has 1 atom stereocenters. The van der Waals surface area contributed by atoms with Crippen LogP contribution < -0.4 is 0 Å². The van der Waals surface area contributed by atoms with Crippen molar-refractivity contribution in [2.45, 2.75) is 71.0 Å². The monoisotopic (exact) mass is 329 g/mol. The van der Waals surface area contributed by atoms with Gasteiger partial charge in [-0.15, -0.1) is 5.06 Å². The lowest BCUT2D eigenvalue weighted by Crippen LogP contribution is -2.37. The number of nitrogens with zero attached hydrogens (tertiary/aromatic N) is 1. The summed E-state index contributed by atoms with van der Waals surface area (Å²) in [5, 5.41) is 0.553. The Morgan fingerprint density at radius 3 is 2.22 bits per heavy atom. The van der Waals surface area contributed by atoms with Crippen LogP contribution in [0.25, 0.3) is 0 Å². The number of carbonyl (C=O) groups is 3. The largest absolute Gasteiger partial charge is 0.378 e. The van der Waals surface area contributed by atoms with Crippen LogP contribution in [0.15, 0.2) is 0 Å². The molecule has 7 heteroatoms. The molecule has 2 amide bonds. The smallest absolute Gasteiger partial charge is 0.336 e. The van der Waals surface area contributed by atoms with E-state index in [1.54, 1.807) is 21.0 Å². The molecule has 1 aliphatic rings. The minimum atomic E-state index is -0.759. The highest BCUT2D eigenvalue weighted by Crippen LogP contribution is 2.22. The van der Waals surface area contributed by atoms with Crippen LogP contribution in [0.4, 0.5) is 0 Å². The molecule has 0 N–H and O–H groups in total. The first-order chi connectivity index (χ1) is 10.6. The van der Waals surface area contributed by atoms with Crippen molar-refractivity contribution in [1.29, 1.82) is 0 Å². The number of hydrogen-bond donors (Lipinski definition) is 0. The second-order valence-corrected chi connectivity index (χ2v) is 6.59. The lowest BCUT2D eigenvalue weighted by Gasteiger charge is -2.30. The molecule has 1 fully saturated rings. The summed E-state index contributed by atoms with van der Waals surface area (Å²) in [5.74, 6) is -1.63. The molecule has 0 radical (unpaired) electrons. The zero-order valence-electron chi connectivity index (χ0n) is 14.6. The fourth-order valence-corrected chi connectivity index (χ4v) is 2.16. The standard InChI is InChI=1S/C16H27NO6/c1-6-16(4,21-5)9-10-22-15(2,3)11-14(20)23-17-12(18)7-8-13(17)19/h6-11H2,1-5H3. The molecule has 1 unspecified atom stereocenters. The SMILES string of the molecule is CCC(C)(CCOC(C)(C)CC(=O)ON1C(=O)CCC1=O)OC. The first-order valence-corrected chi connectivity index (χ1v) is 7.88. The van der Waals surface area contributed by atoms with E-state index in [9.17, 15) is 14.4 Å². The van der Waals surface area contributed by atoms with Crippen LogP contribution in [0.2, 0.25) is 0 Å². The van der Waals surface area contributed by atoms with Gasteiger partial charge in [0, 0.05) is 20.0 Å². The molecule has 1 saturated heterocycles. The number of carbonyl (C=O) groups excluding carboxylic acids is 3. The van der Waals surface area contributed by atoms with Gasteiger partial charge < -0.3 is 14.3 Å². The van der Waals surface area contributed by atoms with Gasteiger partial charge in [0.15, 0.2) is 0 Å². The van der Waals surface area contributed by atoms with Gasteiger partial charge in [0.2, 0.25) is 0 Å². The molecule has 1 heterocycles. The number of hydroxylamine groups is 2. The molecule has 132 valence electrons. The predicted octanol–water partition coefficient (Wildman–Crippen LogP) is 1.98. The number of methoxy groups -OCH3 is 1. The average molecular weight is 329 g/mol. The van der Waals surface area contributed by atoms with Gasteiger partial charge in [0.25, 0.3) is 11.8 Å². The summed E-state index contributed by atoms with van der Waals surface area (Å²) in [6, 6.07) is 0. The first kappa shape index (κ1) is 19.6. The van der Waals surface area contributed by atoms with E-state index in [2.05, 4.69) is 0 Å². The van der Waals surface area contributed by atoms with Crippen molar-refractivity contribution >= 4 is 17.8 Å². The number of imide groups is 1. The van der Waals surface area contributed by atoms with Gasteiger partial charge in [-0.3, -0.25) is 9.59 Å². The molecule has 0 bridgehead atoms. The van der Waals surface area contributed by atoms with Gasteiger partial charge in [-0.25, -0.2) is 4.79 Å². The maximum Gasteiger partial charge on any atom is 0.336 e. The maximum atomic E-state index is 11.9. The van der Waals surface area contributed by atoms with Gasteiger partial charge in [-0.1, -0.05) is 6.92 Å². The van der Waals surface area contributed by atoms with Crippen LogP contribution in [0, 0.1) is 0 Å². The average Bonchev–Trinajstić information content (AvgIpc) is 2.78. The van der Waals surface area contributed by atoms with Crippen molar-refractivity contribution in [2.75, 3.05) is 13.7 Å². The van der Waals surface area contributed by atoms with Crippen molar-refractivity contribution in [3.8, 4) is 0 Å². The van der Waals surface area contributed by atoms with Gasteiger partial charge in [0.05, 0.1) is 24.2 Å². The van der Waals surface area contributed by atoms with Crippen LogP contribution in [0.1, 0.15) is 59.8 Å². The molecule has 0 aromatic carbocycles. The highest BCUT2D eigenvalue weighted by Gasteiger charge is 2.34. The molecule has 0 aromatic rings. The van der Waals surface area contributed by atoms with E-state index in [1.165, 1.54) is 0 Å². The van der Waals surface area contributed by atoms with Crippen LogP contribution in [-0.2, 0) is 28.7 Å². The van der Waals surface area contributed by atoms with Gasteiger partial charge in [-0.05, 0) is 33.6 Å². The Bertz CT molecular complexity index is 439.